The van der Waals surface area contributed by atoms with Crippen molar-refractivity contribution in [3.05, 3.63) is 71.7 Å². The van der Waals surface area contributed by atoms with E-state index in [9.17, 15) is 19.5 Å². The number of carboxylic acids is 1. The minimum Gasteiger partial charge on any atom is -0.480 e. The number of ether oxygens (including phenoxy) is 1. The smallest absolute Gasteiger partial charge is 0.326 e. The lowest BCUT2D eigenvalue weighted by atomic mass is 10.1. The van der Waals surface area contributed by atoms with Crippen molar-refractivity contribution in [3.8, 4) is 11.6 Å². The van der Waals surface area contributed by atoms with E-state index >= 15 is 0 Å². The molecule has 154 valence electrons. The molecule has 0 aliphatic rings. The maximum Gasteiger partial charge on any atom is 0.326 e. The molecule has 9 heteroatoms. The van der Waals surface area contributed by atoms with Crippen LogP contribution >= 0.6 is 0 Å². The fraction of sp³-hybridized carbons (Fsp3) is 0.190. The SMILES string of the molecule is CC(=O)Oc1ccc(CC(NC(=O)c2cnn(-c3ccccn3)c2C)C(=O)O)cc1. The van der Waals surface area contributed by atoms with E-state index in [-0.39, 0.29) is 12.0 Å². The molecule has 1 atom stereocenters. The zero-order valence-corrected chi connectivity index (χ0v) is 16.4. The number of nitrogens with one attached hydrogen (secondary N) is 1. The molecule has 0 bridgehead atoms. The summed E-state index contributed by atoms with van der Waals surface area (Å²) in [6.07, 6.45) is 3.06. The zero-order valence-electron chi connectivity index (χ0n) is 16.4. The second-order valence-electron chi connectivity index (χ2n) is 6.55. The highest BCUT2D eigenvalue weighted by Crippen LogP contribution is 2.15. The van der Waals surface area contributed by atoms with E-state index in [0.717, 1.165) is 0 Å². The minimum atomic E-state index is -1.16. The Kier molecular flexibility index (Phi) is 6.21. The van der Waals surface area contributed by atoms with Crippen LogP contribution in [0, 0.1) is 6.92 Å². The Labute approximate surface area is 172 Å². The highest BCUT2D eigenvalue weighted by molar-refractivity contribution is 5.97. The summed E-state index contributed by atoms with van der Waals surface area (Å²) < 4.78 is 6.47. The van der Waals surface area contributed by atoms with Crippen LogP contribution in [-0.2, 0) is 16.0 Å². The summed E-state index contributed by atoms with van der Waals surface area (Å²) in [6.45, 7) is 3.00. The number of hydrogen-bond acceptors (Lipinski definition) is 6. The lowest BCUT2D eigenvalue weighted by molar-refractivity contribution is -0.139. The third kappa shape index (κ3) is 4.88. The summed E-state index contributed by atoms with van der Waals surface area (Å²) in [5, 5.41) is 16.3. The van der Waals surface area contributed by atoms with E-state index < -0.39 is 23.9 Å². The fourth-order valence-corrected chi connectivity index (χ4v) is 2.87. The van der Waals surface area contributed by atoms with Gasteiger partial charge in [0.1, 0.15) is 11.8 Å². The molecule has 1 amide bonds. The third-order valence-corrected chi connectivity index (χ3v) is 4.35. The molecule has 0 fully saturated rings. The number of carboxylic acid groups (broad SMARTS) is 1. The molecule has 0 aliphatic carbocycles. The molecule has 3 rings (SSSR count). The van der Waals surface area contributed by atoms with Crippen molar-refractivity contribution >= 4 is 17.8 Å². The van der Waals surface area contributed by atoms with Gasteiger partial charge in [0.05, 0.1) is 17.5 Å². The Morgan fingerprint density at radius 3 is 2.50 bits per heavy atom. The fourth-order valence-electron chi connectivity index (χ4n) is 2.87. The van der Waals surface area contributed by atoms with Crippen molar-refractivity contribution in [2.24, 2.45) is 0 Å². The predicted molar refractivity (Wildman–Crippen MR) is 106 cm³/mol. The van der Waals surface area contributed by atoms with Crippen LogP contribution < -0.4 is 10.1 Å². The van der Waals surface area contributed by atoms with E-state index in [4.69, 9.17) is 4.74 Å². The number of aliphatic carboxylic acids is 1. The number of rotatable bonds is 7. The number of pyridine rings is 1. The van der Waals surface area contributed by atoms with Crippen LogP contribution in [0.4, 0.5) is 0 Å². The van der Waals surface area contributed by atoms with Crippen molar-refractivity contribution in [2.45, 2.75) is 26.3 Å². The molecular weight excluding hydrogens is 388 g/mol. The van der Waals surface area contributed by atoms with Gasteiger partial charge < -0.3 is 15.2 Å². The van der Waals surface area contributed by atoms with Gasteiger partial charge in [0.15, 0.2) is 5.82 Å². The molecule has 0 aliphatic heterocycles. The van der Waals surface area contributed by atoms with Gasteiger partial charge in [0.2, 0.25) is 0 Å². The molecule has 30 heavy (non-hydrogen) atoms. The van der Waals surface area contributed by atoms with Gasteiger partial charge >= 0.3 is 11.9 Å². The second kappa shape index (κ2) is 8.99. The number of esters is 1. The molecule has 9 nitrogen and oxygen atoms in total. The standard InChI is InChI=1S/C21H20N4O5/c1-13-17(12-23-25(13)19-5-3-4-10-22-19)20(27)24-18(21(28)29)11-15-6-8-16(9-7-15)30-14(2)26/h3-10,12,18H,11H2,1-2H3,(H,24,27)(H,28,29). The van der Waals surface area contributed by atoms with E-state index in [1.54, 1.807) is 55.6 Å². The monoisotopic (exact) mass is 408 g/mol. The molecule has 2 N–H and O–H groups in total. The molecule has 1 aromatic carbocycles. The first kappa shape index (κ1) is 20.7. The van der Waals surface area contributed by atoms with Crippen molar-refractivity contribution in [2.75, 3.05) is 0 Å². The topological polar surface area (TPSA) is 123 Å². The molecule has 2 heterocycles. The Morgan fingerprint density at radius 1 is 1.17 bits per heavy atom. The summed E-state index contributed by atoms with van der Waals surface area (Å²) in [6, 6.07) is 10.6. The highest BCUT2D eigenvalue weighted by atomic mass is 16.5. The number of nitrogens with zero attached hydrogens (tertiary/aromatic N) is 3. The van der Waals surface area contributed by atoms with Crippen molar-refractivity contribution < 1.29 is 24.2 Å². The quantitative estimate of drug-likeness (QED) is 0.452. The lowest BCUT2D eigenvalue weighted by Crippen LogP contribution is -2.42. The third-order valence-electron chi connectivity index (χ3n) is 4.35. The van der Waals surface area contributed by atoms with Gasteiger partial charge in [-0.25, -0.2) is 14.5 Å². The summed E-state index contributed by atoms with van der Waals surface area (Å²) in [5.41, 5.74) is 1.47. The molecule has 0 radical (unpaired) electrons. The zero-order chi connectivity index (χ0) is 21.7. The number of hydrogen-bond donors (Lipinski definition) is 2. The Balaban J connectivity index is 1.73. The van der Waals surface area contributed by atoms with Gasteiger partial charge in [0, 0.05) is 19.5 Å². The Morgan fingerprint density at radius 2 is 1.90 bits per heavy atom. The largest absolute Gasteiger partial charge is 0.480 e. The lowest BCUT2D eigenvalue weighted by Gasteiger charge is -2.15. The van der Waals surface area contributed by atoms with Gasteiger partial charge in [-0.05, 0) is 36.8 Å². The highest BCUT2D eigenvalue weighted by Gasteiger charge is 2.24. The maximum absolute atomic E-state index is 12.7. The molecule has 3 aromatic rings. The number of carbonyl (C=O) groups excluding carboxylic acids is 2. The molecule has 0 saturated heterocycles. The summed E-state index contributed by atoms with van der Waals surface area (Å²) >= 11 is 0. The average Bonchev–Trinajstić information content (AvgIpc) is 3.10. The molecular formula is C21H20N4O5. The number of carbonyl (C=O) groups is 3. The average molecular weight is 408 g/mol. The Bertz CT molecular complexity index is 1060. The van der Waals surface area contributed by atoms with Crippen molar-refractivity contribution in [1.29, 1.82) is 0 Å². The predicted octanol–water partition coefficient (Wildman–Crippen LogP) is 1.93. The van der Waals surface area contributed by atoms with Crippen LogP contribution in [0.25, 0.3) is 5.82 Å². The van der Waals surface area contributed by atoms with E-state index in [0.29, 0.717) is 22.8 Å². The number of benzene rings is 1. The van der Waals surface area contributed by atoms with Crippen LogP contribution in [-0.4, -0.2) is 43.8 Å². The Hall–Kier alpha value is -4.01. The second-order valence-corrected chi connectivity index (χ2v) is 6.55. The first-order valence-corrected chi connectivity index (χ1v) is 9.12. The minimum absolute atomic E-state index is 0.0643. The first-order chi connectivity index (χ1) is 14.3. The van der Waals surface area contributed by atoms with Crippen LogP contribution in [0.5, 0.6) is 5.75 Å². The van der Waals surface area contributed by atoms with Crippen molar-refractivity contribution in [3.63, 3.8) is 0 Å². The van der Waals surface area contributed by atoms with Gasteiger partial charge in [-0.1, -0.05) is 18.2 Å². The van der Waals surface area contributed by atoms with Gasteiger partial charge in [0.25, 0.3) is 5.91 Å². The normalized spacial score (nSPS) is 11.5. The van der Waals surface area contributed by atoms with E-state index in [2.05, 4.69) is 15.4 Å². The van der Waals surface area contributed by atoms with Crippen LogP contribution in [0.1, 0.15) is 28.5 Å². The molecule has 0 spiro atoms. The van der Waals surface area contributed by atoms with Gasteiger partial charge in [-0.2, -0.15) is 5.10 Å². The maximum atomic E-state index is 12.7. The number of amides is 1. The van der Waals surface area contributed by atoms with Crippen LogP contribution in [0.15, 0.2) is 54.9 Å². The van der Waals surface area contributed by atoms with E-state index in [1.807, 2.05) is 0 Å². The molecule has 2 aromatic heterocycles. The van der Waals surface area contributed by atoms with Crippen LogP contribution in [0.3, 0.4) is 0 Å². The van der Waals surface area contributed by atoms with Gasteiger partial charge in [-0.3, -0.25) is 9.59 Å². The summed E-state index contributed by atoms with van der Waals surface area (Å²) in [4.78, 5) is 39.5. The molecule has 1 unspecified atom stereocenters. The first-order valence-electron chi connectivity index (χ1n) is 9.12. The summed E-state index contributed by atoms with van der Waals surface area (Å²) in [5.74, 6) is -1.24. The van der Waals surface area contributed by atoms with Crippen molar-refractivity contribution in [1.82, 2.24) is 20.1 Å². The molecule has 0 saturated carbocycles. The number of aromatic nitrogens is 3. The summed E-state index contributed by atoms with van der Waals surface area (Å²) in [7, 11) is 0. The van der Waals surface area contributed by atoms with Gasteiger partial charge in [-0.15, -0.1) is 0 Å². The van der Waals surface area contributed by atoms with Crippen LogP contribution in [0.2, 0.25) is 0 Å². The van der Waals surface area contributed by atoms with E-state index in [1.165, 1.54) is 17.8 Å².